The molecule has 0 fully saturated rings. The van der Waals surface area contributed by atoms with Crippen molar-refractivity contribution < 1.29 is 9.53 Å². The Morgan fingerprint density at radius 3 is 2.26 bits per heavy atom. The predicted molar refractivity (Wildman–Crippen MR) is 107 cm³/mol. The van der Waals surface area contributed by atoms with Gasteiger partial charge in [-0.25, -0.2) is 9.97 Å². The Morgan fingerprint density at radius 1 is 0.926 bits per heavy atom. The molecule has 0 saturated carbocycles. The largest absolute Gasteiger partial charge is 0.484 e. The number of carbonyl (C=O) groups is 1. The first-order valence-corrected chi connectivity index (χ1v) is 8.64. The van der Waals surface area contributed by atoms with Crippen LogP contribution in [0, 0.1) is 20.8 Å². The molecule has 1 aromatic heterocycles. The molecule has 3 aromatic rings. The van der Waals surface area contributed by atoms with Crippen molar-refractivity contribution in [1.29, 1.82) is 0 Å². The van der Waals surface area contributed by atoms with Gasteiger partial charge in [-0.2, -0.15) is 0 Å². The monoisotopic (exact) mass is 362 g/mol. The van der Waals surface area contributed by atoms with Crippen molar-refractivity contribution in [3.63, 3.8) is 0 Å². The number of ether oxygens (including phenoxy) is 1. The summed E-state index contributed by atoms with van der Waals surface area (Å²) in [4.78, 5) is 20.3. The highest BCUT2D eigenvalue weighted by atomic mass is 16.5. The lowest BCUT2D eigenvalue weighted by Crippen LogP contribution is -2.20. The van der Waals surface area contributed by atoms with Crippen LogP contribution < -0.4 is 15.4 Å². The number of aryl methyl sites for hydroxylation is 3. The van der Waals surface area contributed by atoms with Gasteiger partial charge in [0.05, 0.1) is 0 Å². The zero-order valence-corrected chi connectivity index (χ0v) is 15.6. The van der Waals surface area contributed by atoms with E-state index >= 15 is 0 Å². The SMILES string of the molecule is Cc1cc(C)cc(OCC(=O)Nc2ccc(Nc3cc(C)ncn3)cc2)c1. The third-order valence-corrected chi connectivity index (χ3v) is 3.81. The van der Waals surface area contributed by atoms with Crippen LogP contribution in [0.25, 0.3) is 0 Å². The quantitative estimate of drug-likeness (QED) is 0.688. The molecular formula is C21H22N4O2. The summed E-state index contributed by atoms with van der Waals surface area (Å²) in [6.45, 7) is 5.87. The van der Waals surface area contributed by atoms with E-state index < -0.39 is 0 Å². The second kappa shape index (κ2) is 8.31. The van der Waals surface area contributed by atoms with Crippen LogP contribution in [0.4, 0.5) is 17.2 Å². The average molecular weight is 362 g/mol. The molecule has 0 atom stereocenters. The molecule has 2 aromatic carbocycles. The van der Waals surface area contributed by atoms with Gasteiger partial charge in [0.25, 0.3) is 5.91 Å². The molecule has 1 amide bonds. The summed E-state index contributed by atoms with van der Waals surface area (Å²) in [6, 6.07) is 15.1. The number of carbonyl (C=O) groups excluding carboxylic acids is 1. The minimum Gasteiger partial charge on any atom is -0.484 e. The van der Waals surface area contributed by atoms with Gasteiger partial charge in [-0.1, -0.05) is 6.07 Å². The van der Waals surface area contributed by atoms with Gasteiger partial charge < -0.3 is 15.4 Å². The van der Waals surface area contributed by atoms with Gasteiger partial charge in [0.15, 0.2) is 6.61 Å². The van der Waals surface area contributed by atoms with Crippen LogP contribution in [-0.2, 0) is 4.79 Å². The zero-order chi connectivity index (χ0) is 19.2. The average Bonchev–Trinajstić information content (AvgIpc) is 2.61. The summed E-state index contributed by atoms with van der Waals surface area (Å²) in [5, 5.41) is 6.02. The van der Waals surface area contributed by atoms with Crippen molar-refractivity contribution in [2.75, 3.05) is 17.2 Å². The van der Waals surface area contributed by atoms with E-state index in [1.165, 1.54) is 6.33 Å². The fourth-order valence-corrected chi connectivity index (χ4v) is 2.67. The number of nitrogens with zero attached hydrogens (tertiary/aromatic N) is 2. The van der Waals surface area contributed by atoms with Crippen LogP contribution >= 0.6 is 0 Å². The van der Waals surface area contributed by atoms with Gasteiger partial charge in [0.2, 0.25) is 0 Å². The summed E-state index contributed by atoms with van der Waals surface area (Å²) in [5.41, 5.74) is 4.67. The van der Waals surface area contributed by atoms with Crippen molar-refractivity contribution in [1.82, 2.24) is 9.97 Å². The first kappa shape index (κ1) is 18.4. The lowest BCUT2D eigenvalue weighted by atomic mass is 10.1. The third-order valence-electron chi connectivity index (χ3n) is 3.81. The summed E-state index contributed by atoms with van der Waals surface area (Å²) in [6.07, 6.45) is 1.52. The number of anilines is 3. The maximum atomic E-state index is 12.1. The molecule has 0 saturated heterocycles. The van der Waals surface area contributed by atoms with Gasteiger partial charge in [0, 0.05) is 23.1 Å². The second-order valence-electron chi connectivity index (χ2n) is 6.41. The third kappa shape index (κ3) is 5.54. The predicted octanol–water partition coefficient (Wildman–Crippen LogP) is 4.16. The summed E-state index contributed by atoms with van der Waals surface area (Å²) < 4.78 is 5.58. The molecule has 0 aliphatic heterocycles. The highest BCUT2D eigenvalue weighted by Crippen LogP contribution is 2.18. The van der Waals surface area contributed by atoms with Gasteiger partial charge in [-0.05, 0) is 68.3 Å². The molecule has 6 heteroatoms. The molecule has 1 heterocycles. The number of aromatic nitrogens is 2. The van der Waals surface area contributed by atoms with Crippen LogP contribution in [0.1, 0.15) is 16.8 Å². The molecule has 0 aliphatic rings. The molecule has 0 aliphatic carbocycles. The molecule has 27 heavy (non-hydrogen) atoms. The van der Waals surface area contributed by atoms with Crippen molar-refractivity contribution in [2.24, 2.45) is 0 Å². The summed E-state index contributed by atoms with van der Waals surface area (Å²) in [7, 11) is 0. The second-order valence-corrected chi connectivity index (χ2v) is 6.41. The number of rotatable bonds is 6. The van der Waals surface area contributed by atoms with Crippen LogP contribution in [0.2, 0.25) is 0 Å². The summed E-state index contributed by atoms with van der Waals surface area (Å²) in [5.74, 6) is 1.21. The molecule has 0 radical (unpaired) electrons. The Hall–Kier alpha value is -3.41. The number of hydrogen-bond donors (Lipinski definition) is 2. The smallest absolute Gasteiger partial charge is 0.262 e. The fourth-order valence-electron chi connectivity index (χ4n) is 2.67. The van der Waals surface area contributed by atoms with E-state index in [1.807, 2.05) is 63.2 Å². The maximum absolute atomic E-state index is 12.1. The van der Waals surface area contributed by atoms with Gasteiger partial charge >= 0.3 is 0 Å². The first-order valence-electron chi connectivity index (χ1n) is 8.64. The number of benzene rings is 2. The minimum atomic E-state index is -0.207. The van der Waals surface area contributed by atoms with Gasteiger partial charge in [-0.3, -0.25) is 4.79 Å². The fraction of sp³-hybridized carbons (Fsp3) is 0.190. The number of hydrogen-bond acceptors (Lipinski definition) is 5. The van der Waals surface area contributed by atoms with Crippen LogP contribution in [-0.4, -0.2) is 22.5 Å². The Morgan fingerprint density at radius 2 is 1.59 bits per heavy atom. The molecular weight excluding hydrogens is 340 g/mol. The van der Waals surface area contributed by atoms with Crippen LogP contribution in [0.3, 0.4) is 0 Å². The number of amides is 1. The van der Waals surface area contributed by atoms with E-state index in [4.69, 9.17) is 4.74 Å². The van der Waals surface area contributed by atoms with E-state index in [-0.39, 0.29) is 12.5 Å². The zero-order valence-electron chi connectivity index (χ0n) is 15.6. The highest BCUT2D eigenvalue weighted by molar-refractivity contribution is 5.92. The first-order chi connectivity index (χ1) is 13.0. The molecule has 138 valence electrons. The molecule has 2 N–H and O–H groups in total. The normalized spacial score (nSPS) is 10.3. The van der Waals surface area contributed by atoms with Gasteiger partial charge in [0.1, 0.15) is 17.9 Å². The summed E-state index contributed by atoms with van der Waals surface area (Å²) >= 11 is 0. The van der Waals surface area contributed by atoms with Crippen molar-refractivity contribution in [2.45, 2.75) is 20.8 Å². The Labute approximate surface area is 158 Å². The highest BCUT2D eigenvalue weighted by Gasteiger charge is 2.05. The van der Waals surface area contributed by atoms with E-state index in [2.05, 4.69) is 26.7 Å². The van der Waals surface area contributed by atoms with E-state index in [0.717, 1.165) is 28.3 Å². The minimum absolute atomic E-state index is 0.0386. The molecule has 0 unspecified atom stereocenters. The Kier molecular flexibility index (Phi) is 5.66. The van der Waals surface area contributed by atoms with E-state index in [0.29, 0.717) is 11.4 Å². The standard InChI is InChI=1S/C21H22N4O2/c1-14-8-15(2)10-19(9-14)27-12-21(26)25-18-6-4-17(5-7-18)24-20-11-16(3)22-13-23-20/h4-11,13H,12H2,1-3H3,(H,25,26)(H,22,23,24). The topological polar surface area (TPSA) is 76.1 Å². The van der Waals surface area contributed by atoms with E-state index in [9.17, 15) is 4.79 Å². The van der Waals surface area contributed by atoms with Crippen molar-refractivity contribution in [3.8, 4) is 5.75 Å². The van der Waals surface area contributed by atoms with Crippen LogP contribution in [0.15, 0.2) is 54.9 Å². The van der Waals surface area contributed by atoms with Gasteiger partial charge in [-0.15, -0.1) is 0 Å². The van der Waals surface area contributed by atoms with Crippen molar-refractivity contribution >= 4 is 23.1 Å². The van der Waals surface area contributed by atoms with E-state index in [1.54, 1.807) is 0 Å². The number of nitrogens with one attached hydrogen (secondary N) is 2. The molecule has 0 bridgehead atoms. The van der Waals surface area contributed by atoms with Crippen molar-refractivity contribution in [3.05, 3.63) is 71.7 Å². The molecule has 0 spiro atoms. The van der Waals surface area contributed by atoms with Crippen LogP contribution in [0.5, 0.6) is 5.75 Å². The lowest BCUT2D eigenvalue weighted by Gasteiger charge is -2.10. The molecule has 6 nitrogen and oxygen atoms in total. The Bertz CT molecular complexity index is 919. The molecule has 3 rings (SSSR count). The Balaban J connectivity index is 1.53. The maximum Gasteiger partial charge on any atom is 0.262 e. The lowest BCUT2D eigenvalue weighted by molar-refractivity contribution is -0.118.